The van der Waals surface area contributed by atoms with E-state index in [9.17, 15) is 18.5 Å². The van der Waals surface area contributed by atoms with Crippen LogP contribution in [0.4, 0.5) is 11.4 Å². The van der Waals surface area contributed by atoms with E-state index in [0.29, 0.717) is 4.47 Å². The van der Waals surface area contributed by atoms with Gasteiger partial charge in [0, 0.05) is 16.6 Å². The molecule has 2 aromatic carbocycles. The van der Waals surface area contributed by atoms with Crippen molar-refractivity contribution >= 4 is 37.3 Å². The van der Waals surface area contributed by atoms with Crippen molar-refractivity contribution in [2.45, 2.75) is 4.90 Å². The van der Waals surface area contributed by atoms with Crippen molar-refractivity contribution in [2.24, 2.45) is 0 Å². The molecule has 0 radical (unpaired) electrons. The second-order valence-corrected chi connectivity index (χ2v) is 7.11. The van der Waals surface area contributed by atoms with Gasteiger partial charge >= 0.3 is 0 Å². The Bertz CT molecular complexity index is 885. The molecular formula is C14H13BrN2O6S. The lowest BCUT2D eigenvalue weighted by Crippen LogP contribution is -2.15. The summed E-state index contributed by atoms with van der Waals surface area (Å²) in [6, 6.07) is 8.10. The monoisotopic (exact) mass is 416 g/mol. The molecule has 0 heterocycles. The van der Waals surface area contributed by atoms with Gasteiger partial charge in [-0.15, -0.1) is 0 Å². The fourth-order valence-electron chi connectivity index (χ4n) is 1.95. The van der Waals surface area contributed by atoms with Crippen LogP contribution in [0.2, 0.25) is 0 Å². The molecule has 2 rings (SSSR count). The number of halogens is 1. The van der Waals surface area contributed by atoms with E-state index in [2.05, 4.69) is 20.7 Å². The highest BCUT2D eigenvalue weighted by molar-refractivity contribution is 9.10. The number of methoxy groups -OCH3 is 2. The van der Waals surface area contributed by atoms with E-state index in [0.717, 1.165) is 6.07 Å². The fraction of sp³-hybridized carbons (Fsp3) is 0.143. The van der Waals surface area contributed by atoms with Gasteiger partial charge in [-0.3, -0.25) is 14.8 Å². The van der Waals surface area contributed by atoms with Gasteiger partial charge in [-0.25, -0.2) is 8.42 Å². The van der Waals surface area contributed by atoms with Crippen molar-refractivity contribution < 1.29 is 22.8 Å². The normalized spacial score (nSPS) is 11.0. The summed E-state index contributed by atoms with van der Waals surface area (Å²) in [6.45, 7) is 0. The number of nitrogens with one attached hydrogen (secondary N) is 1. The minimum atomic E-state index is -4.06. The molecule has 0 aliphatic heterocycles. The lowest BCUT2D eigenvalue weighted by molar-refractivity contribution is -0.384. The van der Waals surface area contributed by atoms with Gasteiger partial charge in [-0.1, -0.05) is 15.9 Å². The predicted octanol–water partition coefficient (Wildman–Crippen LogP) is 3.18. The standard InChI is InChI=1S/C14H13BrN2O6S/c1-22-12-6-4-10(17(18)19)8-11(12)16-24(20,21)14-7-9(15)3-5-13(14)23-2/h3-8,16H,1-2H3. The maximum atomic E-state index is 12.6. The van der Waals surface area contributed by atoms with E-state index < -0.39 is 14.9 Å². The van der Waals surface area contributed by atoms with Gasteiger partial charge < -0.3 is 9.47 Å². The van der Waals surface area contributed by atoms with E-state index >= 15 is 0 Å². The molecule has 0 amide bonds. The van der Waals surface area contributed by atoms with Crippen LogP contribution in [-0.2, 0) is 10.0 Å². The van der Waals surface area contributed by atoms with Crippen LogP contribution >= 0.6 is 15.9 Å². The van der Waals surface area contributed by atoms with Crippen LogP contribution in [-0.4, -0.2) is 27.6 Å². The van der Waals surface area contributed by atoms with E-state index in [4.69, 9.17) is 9.47 Å². The highest BCUT2D eigenvalue weighted by Gasteiger charge is 2.23. The first-order valence-corrected chi connectivity index (χ1v) is 8.75. The Labute approximate surface area is 146 Å². The lowest BCUT2D eigenvalue weighted by atomic mass is 10.2. The number of rotatable bonds is 6. The summed E-state index contributed by atoms with van der Waals surface area (Å²) in [5, 5.41) is 10.9. The Morgan fingerprint density at radius 2 is 1.71 bits per heavy atom. The van der Waals surface area contributed by atoms with Crippen LogP contribution in [0.5, 0.6) is 11.5 Å². The van der Waals surface area contributed by atoms with Gasteiger partial charge in [-0.2, -0.15) is 0 Å². The van der Waals surface area contributed by atoms with Crippen molar-refractivity contribution in [3.05, 3.63) is 51.0 Å². The smallest absolute Gasteiger partial charge is 0.271 e. The molecule has 128 valence electrons. The van der Waals surface area contributed by atoms with Crippen molar-refractivity contribution in [3.8, 4) is 11.5 Å². The molecule has 0 aliphatic carbocycles. The number of non-ortho nitro benzene ring substituents is 1. The number of nitro benzene ring substituents is 1. The van der Waals surface area contributed by atoms with Crippen molar-refractivity contribution in [2.75, 3.05) is 18.9 Å². The summed E-state index contributed by atoms with van der Waals surface area (Å²) in [6.07, 6.45) is 0. The maximum Gasteiger partial charge on any atom is 0.271 e. The summed E-state index contributed by atoms with van der Waals surface area (Å²) in [5.41, 5.74) is -0.316. The molecule has 0 unspecified atom stereocenters. The van der Waals surface area contributed by atoms with Gasteiger partial charge in [-0.05, 0) is 24.3 Å². The second kappa shape index (κ2) is 7.05. The molecule has 0 fully saturated rings. The van der Waals surface area contributed by atoms with Gasteiger partial charge in [0.2, 0.25) is 0 Å². The van der Waals surface area contributed by atoms with Crippen LogP contribution in [0.15, 0.2) is 45.8 Å². The molecule has 8 nitrogen and oxygen atoms in total. The van der Waals surface area contributed by atoms with E-state index in [-0.39, 0.29) is 27.8 Å². The molecule has 0 bridgehead atoms. The number of sulfonamides is 1. The first-order chi connectivity index (χ1) is 11.3. The number of ether oxygens (including phenoxy) is 2. The Hall–Kier alpha value is -2.33. The highest BCUT2D eigenvalue weighted by Crippen LogP contribution is 2.33. The molecular weight excluding hydrogens is 404 g/mol. The first-order valence-electron chi connectivity index (χ1n) is 6.47. The van der Waals surface area contributed by atoms with E-state index in [1.54, 1.807) is 6.07 Å². The molecule has 1 N–H and O–H groups in total. The molecule has 0 spiro atoms. The third-order valence-corrected chi connectivity index (χ3v) is 4.93. The number of hydrogen-bond donors (Lipinski definition) is 1. The number of benzene rings is 2. The summed E-state index contributed by atoms with van der Waals surface area (Å²) < 4.78 is 38.2. The van der Waals surface area contributed by atoms with Gasteiger partial charge in [0.15, 0.2) is 0 Å². The van der Waals surface area contributed by atoms with Crippen LogP contribution in [0.25, 0.3) is 0 Å². The summed E-state index contributed by atoms with van der Waals surface area (Å²) in [7, 11) is -1.39. The highest BCUT2D eigenvalue weighted by atomic mass is 79.9. The number of anilines is 1. The first kappa shape index (κ1) is 18.0. The Balaban J connectivity index is 2.52. The summed E-state index contributed by atoms with van der Waals surface area (Å²) in [4.78, 5) is 10.1. The van der Waals surface area contributed by atoms with E-state index in [1.807, 2.05) is 0 Å². The van der Waals surface area contributed by atoms with E-state index in [1.165, 1.54) is 38.5 Å². The average Bonchev–Trinajstić information content (AvgIpc) is 2.54. The van der Waals surface area contributed by atoms with Crippen molar-refractivity contribution in [1.29, 1.82) is 0 Å². The molecule has 24 heavy (non-hydrogen) atoms. The molecule has 10 heteroatoms. The Morgan fingerprint density at radius 1 is 1.08 bits per heavy atom. The van der Waals surface area contributed by atoms with Gasteiger partial charge in [0.05, 0.1) is 24.8 Å². The topological polar surface area (TPSA) is 108 Å². The molecule has 0 atom stereocenters. The predicted molar refractivity (Wildman–Crippen MR) is 91.2 cm³/mol. The van der Waals surface area contributed by atoms with Crippen LogP contribution in [0.3, 0.4) is 0 Å². The van der Waals surface area contributed by atoms with Gasteiger partial charge in [0.1, 0.15) is 16.4 Å². The van der Waals surface area contributed by atoms with Crippen molar-refractivity contribution in [3.63, 3.8) is 0 Å². The second-order valence-electron chi connectivity index (χ2n) is 4.54. The fourth-order valence-corrected chi connectivity index (χ4v) is 3.72. The average molecular weight is 417 g/mol. The zero-order chi connectivity index (χ0) is 17.9. The SMILES string of the molecule is COc1ccc([N+](=O)[O-])cc1NS(=O)(=O)c1cc(Br)ccc1OC. The quantitative estimate of drug-likeness (QED) is 0.572. The van der Waals surface area contributed by atoms with Crippen LogP contribution < -0.4 is 14.2 Å². The molecule has 0 saturated carbocycles. The third-order valence-electron chi connectivity index (χ3n) is 3.05. The molecule has 2 aromatic rings. The number of nitro groups is 1. The largest absolute Gasteiger partial charge is 0.495 e. The minimum absolute atomic E-state index is 0.0475. The Morgan fingerprint density at radius 3 is 2.29 bits per heavy atom. The minimum Gasteiger partial charge on any atom is -0.495 e. The van der Waals surface area contributed by atoms with Gasteiger partial charge in [0.25, 0.3) is 15.7 Å². The molecule has 0 aromatic heterocycles. The maximum absolute atomic E-state index is 12.6. The zero-order valence-electron chi connectivity index (χ0n) is 12.6. The third kappa shape index (κ3) is 3.77. The molecule has 0 aliphatic rings. The summed E-state index contributed by atoms with van der Waals surface area (Å²) in [5.74, 6) is 0.285. The van der Waals surface area contributed by atoms with Crippen LogP contribution in [0, 0.1) is 10.1 Å². The molecule has 0 saturated heterocycles. The number of nitrogens with zero attached hydrogens (tertiary/aromatic N) is 1. The van der Waals surface area contributed by atoms with Crippen molar-refractivity contribution in [1.82, 2.24) is 0 Å². The number of hydrogen-bond acceptors (Lipinski definition) is 6. The Kier molecular flexibility index (Phi) is 5.30. The summed E-state index contributed by atoms with van der Waals surface area (Å²) >= 11 is 3.20. The lowest BCUT2D eigenvalue weighted by Gasteiger charge is -2.14. The van der Waals surface area contributed by atoms with Crippen LogP contribution in [0.1, 0.15) is 0 Å². The zero-order valence-corrected chi connectivity index (χ0v) is 15.0.